The summed E-state index contributed by atoms with van der Waals surface area (Å²) in [6, 6.07) is 0.356. The molecule has 0 aromatic rings. The van der Waals surface area contributed by atoms with Crippen LogP contribution in [0.25, 0.3) is 0 Å². The third-order valence-corrected chi connectivity index (χ3v) is 4.48. The average Bonchev–Trinajstić information content (AvgIpc) is 2.54. The number of piperazine rings is 1. The summed E-state index contributed by atoms with van der Waals surface area (Å²) in [6.07, 6.45) is 0.977. The fourth-order valence-electron chi connectivity index (χ4n) is 2.69. The van der Waals surface area contributed by atoms with Gasteiger partial charge >= 0.3 is 6.03 Å². The number of hydrogen-bond acceptors (Lipinski definition) is 4. The lowest BCUT2D eigenvalue weighted by Crippen LogP contribution is -2.54. The molecule has 0 aromatic carbocycles. The van der Waals surface area contributed by atoms with Crippen LogP contribution < -0.4 is 5.32 Å². The molecule has 2 fully saturated rings. The normalized spacial score (nSPS) is 23.0. The summed E-state index contributed by atoms with van der Waals surface area (Å²) in [7, 11) is 0. The first kappa shape index (κ1) is 16.5. The molecule has 2 amide bonds. The maximum absolute atomic E-state index is 12.1. The van der Waals surface area contributed by atoms with E-state index in [0.717, 1.165) is 72.0 Å². The summed E-state index contributed by atoms with van der Waals surface area (Å²) in [5.74, 6) is 0. The van der Waals surface area contributed by atoms with E-state index >= 15 is 0 Å². The Morgan fingerprint density at radius 1 is 1.05 bits per heavy atom. The summed E-state index contributed by atoms with van der Waals surface area (Å²) in [6.45, 7) is 13.8. The largest absolute Gasteiger partial charge is 0.379 e. The highest BCUT2D eigenvalue weighted by atomic mass is 16.5. The molecule has 2 saturated heterocycles. The van der Waals surface area contributed by atoms with Crippen molar-refractivity contribution >= 4 is 6.03 Å². The van der Waals surface area contributed by atoms with E-state index in [0.29, 0.717) is 0 Å². The van der Waals surface area contributed by atoms with Crippen LogP contribution in [0.1, 0.15) is 20.3 Å². The number of hydrogen-bond donors (Lipinski definition) is 1. The second-order valence-corrected chi connectivity index (χ2v) is 6.04. The Labute approximate surface area is 128 Å². The van der Waals surface area contributed by atoms with Crippen LogP contribution in [-0.2, 0) is 4.74 Å². The molecule has 0 radical (unpaired) electrons. The lowest BCUT2D eigenvalue weighted by molar-refractivity contribution is 0.0309. The van der Waals surface area contributed by atoms with Crippen molar-refractivity contribution in [1.82, 2.24) is 20.0 Å². The van der Waals surface area contributed by atoms with Gasteiger partial charge in [-0.05, 0) is 13.3 Å². The Kier molecular flexibility index (Phi) is 6.73. The lowest BCUT2D eigenvalue weighted by Gasteiger charge is -2.36. The van der Waals surface area contributed by atoms with Gasteiger partial charge in [-0.15, -0.1) is 0 Å². The first-order valence-electron chi connectivity index (χ1n) is 8.27. The fraction of sp³-hybridized carbons (Fsp3) is 0.933. The Morgan fingerprint density at radius 3 is 2.19 bits per heavy atom. The van der Waals surface area contributed by atoms with Gasteiger partial charge in [-0.3, -0.25) is 9.80 Å². The zero-order valence-corrected chi connectivity index (χ0v) is 13.5. The molecule has 1 atom stereocenters. The molecule has 0 bridgehead atoms. The van der Waals surface area contributed by atoms with Gasteiger partial charge in [0, 0.05) is 58.4 Å². The first-order chi connectivity index (χ1) is 10.2. The molecule has 0 spiro atoms. The second-order valence-electron chi connectivity index (χ2n) is 6.04. The van der Waals surface area contributed by atoms with Gasteiger partial charge in [0.05, 0.1) is 13.2 Å². The maximum atomic E-state index is 12.1. The molecule has 2 rings (SSSR count). The van der Waals surface area contributed by atoms with E-state index in [1.165, 1.54) is 0 Å². The van der Waals surface area contributed by atoms with E-state index in [1.807, 2.05) is 4.90 Å². The topological polar surface area (TPSA) is 48.1 Å². The van der Waals surface area contributed by atoms with Gasteiger partial charge in [-0.25, -0.2) is 4.79 Å². The summed E-state index contributed by atoms with van der Waals surface area (Å²) in [5.41, 5.74) is 0. The minimum absolute atomic E-state index is 0.0946. The minimum atomic E-state index is 0.0946. The zero-order chi connectivity index (χ0) is 15.1. The van der Waals surface area contributed by atoms with Gasteiger partial charge < -0.3 is 15.0 Å². The SMILES string of the molecule is CCC(C)NC(=O)N1CCN(CCN2CCOCC2)CC1. The van der Waals surface area contributed by atoms with E-state index in [9.17, 15) is 4.79 Å². The Balaban J connectivity index is 1.62. The van der Waals surface area contributed by atoms with Crippen molar-refractivity contribution in [3.8, 4) is 0 Å². The summed E-state index contributed by atoms with van der Waals surface area (Å²) in [5, 5.41) is 3.04. The highest BCUT2D eigenvalue weighted by Gasteiger charge is 2.22. The van der Waals surface area contributed by atoms with Gasteiger partial charge in [0.1, 0.15) is 0 Å². The van der Waals surface area contributed by atoms with Crippen molar-refractivity contribution in [1.29, 1.82) is 0 Å². The number of morpholine rings is 1. The minimum Gasteiger partial charge on any atom is -0.379 e. The summed E-state index contributed by atoms with van der Waals surface area (Å²) < 4.78 is 5.37. The molecular weight excluding hydrogens is 268 g/mol. The predicted octanol–water partition coefficient (Wildman–Crippen LogP) is 0.444. The summed E-state index contributed by atoms with van der Waals surface area (Å²) >= 11 is 0. The smallest absolute Gasteiger partial charge is 0.317 e. The predicted molar refractivity (Wildman–Crippen MR) is 83.6 cm³/mol. The molecule has 6 nitrogen and oxygen atoms in total. The van der Waals surface area contributed by atoms with E-state index in [-0.39, 0.29) is 12.1 Å². The zero-order valence-electron chi connectivity index (χ0n) is 13.5. The molecule has 6 heteroatoms. The van der Waals surface area contributed by atoms with Crippen LogP contribution in [0.15, 0.2) is 0 Å². The van der Waals surface area contributed by atoms with Crippen LogP contribution in [0.3, 0.4) is 0 Å². The van der Waals surface area contributed by atoms with Crippen LogP contribution in [0, 0.1) is 0 Å². The fourth-order valence-corrected chi connectivity index (χ4v) is 2.69. The van der Waals surface area contributed by atoms with E-state index < -0.39 is 0 Å². The number of rotatable bonds is 5. The molecular formula is C15H30N4O2. The quantitative estimate of drug-likeness (QED) is 0.800. The van der Waals surface area contributed by atoms with Crippen molar-refractivity contribution in [3.63, 3.8) is 0 Å². The molecule has 2 aliphatic heterocycles. The van der Waals surface area contributed by atoms with Crippen LogP contribution >= 0.6 is 0 Å². The van der Waals surface area contributed by atoms with E-state index in [2.05, 4.69) is 29.0 Å². The third-order valence-electron chi connectivity index (χ3n) is 4.48. The Morgan fingerprint density at radius 2 is 1.62 bits per heavy atom. The third kappa shape index (κ3) is 5.45. The standard InChI is InChI=1S/C15H30N4O2/c1-3-14(2)16-15(20)19-8-6-17(7-9-19)4-5-18-10-12-21-13-11-18/h14H,3-13H2,1-2H3,(H,16,20). The van der Waals surface area contributed by atoms with Crippen LogP contribution in [0.4, 0.5) is 4.79 Å². The first-order valence-corrected chi connectivity index (χ1v) is 8.27. The molecule has 2 aliphatic rings. The molecule has 0 aromatic heterocycles. The number of amides is 2. The van der Waals surface area contributed by atoms with Gasteiger partial charge in [0.25, 0.3) is 0 Å². The molecule has 0 aliphatic carbocycles. The van der Waals surface area contributed by atoms with Crippen molar-refractivity contribution in [2.24, 2.45) is 0 Å². The summed E-state index contributed by atoms with van der Waals surface area (Å²) in [4.78, 5) is 18.9. The van der Waals surface area contributed by atoms with E-state index in [4.69, 9.17) is 4.74 Å². The monoisotopic (exact) mass is 298 g/mol. The Bertz CT molecular complexity index is 313. The van der Waals surface area contributed by atoms with Crippen molar-refractivity contribution < 1.29 is 9.53 Å². The molecule has 0 saturated carbocycles. The van der Waals surface area contributed by atoms with Crippen LogP contribution in [-0.4, -0.2) is 92.3 Å². The highest BCUT2D eigenvalue weighted by molar-refractivity contribution is 5.74. The molecule has 122 valence electrons. The number of carbonyl (C=O) groups is 1. The van der Waals surface area contributed by atoms with Crippen molar-refractivity contribution in [2.75, 3.05) is 65.6 Å². The van der Waals surface area contributed by atoms with Crippen LogP contribution in [0.2, 0.25) is 0 Å². The average molecular weight is 298 g/mol. The van der Waals surface area contributed by atoms with Crippen molar-refractivity contribution in [2.45, 2.75) is 26.3 Å². The molecule has 1 unspecified atom stereocenters. The van der Waals surface area contributed by atoms with Gasteiger partial charge in [0.15, 0.2) is 0 Å². The molecule has 21 heavy (non-hydrogen) atoms. The Hall–Kier alpha value is -0.850. The highest BCUT2D eigenvalue weighted by Crippen LogP contribution is 2.04. The van der Waals surface area contributed by atoms with Crippen molar-refractivity contribution in [3.05, 3.63) is 0 Å². The maximum Gasteiger partial charge on any atom is 0.317 e. The van der Waals surface area contributed by atoms with E-state index in [1.54, 1.807) is 0 Å². The van der Waals surface area contributed by atoms with Gasteiger partial charge in [0.2, 0.25) is 0 Å². The van der Waals surface area contributed by atoms with Gasteiger partial charge in [-0.1, -0.05) is 6.92 Å². The number of ether oxygens (including phenoxy) is 1. The van der Waals surface area contributed by atoms with Crippen LogP contribution in [0.5, 0.6) is 0 Å². The number of nitrogens with zero attached hydrogens (tertiary/aromatic N) is 3. The second kappa shape index (κ2) is 8.56. The number of carbonyl (C=O) groups excluding carboxylic acids is 1. The number of nitrogens with one attached hydrogen (secondary N) is 1. The molecule has 2 heterocycles. The van der Waals surface area contributed by atoms with Gasteiger partial charge in [-0.2, -0.15) is 0 Å². The number of urea groups is 1. The molecule has 1 N–H and O–H groups in total. The lowest BCUT2D eigenvalue weighted by atomic mass is 10.2.